The minimum atomic E-state index is -0.395. The van der Waals surface area contributed by atoms with Crippen molar-refractivity contribution in [2.45, 2.75) is 32.2 Å². The number of anilines is 2. The van der Waals surface area contributed by atoms with E-state index < -0.39 is 4.92 Å². The van der Waals surface area contributed by atoms with Gasteiger partial charge in [0.05, 0.1) is 10.6 Å². The van der Waals surface area contributed by atoms with Crippen molar-refractivity contribution in [1.82, 2.24) is 0 Å². The van der Waals surface area contributed by atoms with E-state index in [1.54, 1.807) is 6.07 Å². The van der Waals surface area contributed by atoms with Crippen LogP contribution in [0.25, 0.3) is 0 Å². The van der Waals surface area contributed by atoms with Gasteiger partial charge in [-0.05, 0) is 32.8 Å². The molecule has 0 aromatic heterocycles. The normalized spacial score (nSPS) is 17.8. The van der Waals surface area contributed by atoms with Gasteiger partial charge in [-0.25, -0.2) is 0 Å². The Morgan fingerprint density at radius 1 is 1.44 bits per heavy atom. The molecule has 6 heteroatoms. The van der Waals surface area contributed by atoms with Gasteiger partial charge in [-0.3, -0.25) is 16.0 Å². The molecule has 0 amide bonds. The van der Waals surface area contributed by atoms with Crippen LogP contribution in [-0.2, 0) is 0 Å². The lowest BCUT2D eigenvalue weighted by Gasteiger charge is -2.33. The van der Waals surface area contributed by atoms with Crippen LogP contribution in [0.5, 0.6) is 0 Å². The summed E-state index contributed by atoms with van der Waals surface area (Å²) < 4.78 is 0. The van der Waals surface area contributed by atoms with Crippen molar-refractivity contribution < 1.29 is 4.92 Å². The SMILES string of the molecule is CC1(C)CCCN1c1cc(NN)cc([N+](=O)[O-])c1. The summed E-state index contributed by atoms with van der Waals surface area (Å²) in [4.78, 5) is 12.7. The molecule has 0 radical (unpaired) electrons. The lowest BCUT2D eigenvalue weighted by atomic mass is 10.0. The summed E-state index contributed by atoms with van der Waals surface area (Å²) in [6.07, 6.45) is 2.18. The number of hydrogen-bond donors (Lipinski definition) is 2. The molecular weight excluding hydrogens is 232 g/mol. The Morgan fingerprint density at radius 2 is 2.17 bits per heavy atom. The van der Waals surface area contributed by atoms with Crippen LogP contribution in [-0.4, -0.2) is 17.0 Å². The number of nitro groups is 1. The average molecular weight is 250 g/mol. The molecule has 0 aliphatic carbocycles. The molecule has 1 aromatic rings. The van der Waals surface area contributed by atoms with E-state index in [-0.39, 0.29) is 11.2 Å². The summed E-state index contributed by atoms with van der Waals surface area (Å²) in [5.41, 5.74) is 3.97. The predicted molar refractivity (Wildman–Crippen MR) is 71.6 cm³/mol. The molecule has 0 atom stereocenters. The standard InChI is InChI=1S/C12H18N4O2/c1-12(2)4-3-5-15(12)10-6-9(14-13)7-11(8-10)16(17)18/h6-8,14H,3-5,13H2,1-2H3. The van der Waals surface area contributed by atoms with E-state index in [1.165, 1.54) is 6.07 Å². The zero-order chi connectivity index (χ0) is 13.3. The quantitative estimate of drug-likeness (QED) is 0.488. The molecule has 1 heterocycles. The molecule has 2 rings (SSSR count). The first-order valence-electron chi connectivity index (χ1n) is 5.98. The number of benzene rings is 1. The highest BCUT2D eigenvalue weighted by Gasteiger charge is 2.32. The number of hydrogen-bond acceptors (Lipinski definition) is 5. The number of rotatable bonds is 3. The zero-order valence-electron chi connectivity index (χ0n) is 10.6. The second-order valence-electron chi connectivity index (χ2n) is 5.21. The van der Waals surface area contributed by atoms with Crippen LogP contribution >= 0.6 is 0 Å². The molecule has 18 heavy (non-hydrogen) atoms. The van der Waals surface area contributed by atoms with Crippen molar-refractivity contribution in [3.05, 3.63) is 28.3 Å². The molecule has 3 N–H and O–H groups in total. The van der Waals surface area contributed by atoms with E-state index >= 15 is 0 Å². The fraction of sp³-hybridized carbons (Fsp3) is 0.500. The summed E-state index contributed by atoms with van der Waals surface area (Å²) in [6, 6.07) is 4.89. The summed E-state index contributed by atoms with van der Waals surface area (Å²) >= 11 is 0. The highest BCUT2D eigenvalue weighted by molar-refractivity contribution is 5.65. The molecule has 1 saturated heterocycles. The molecule has 1 aromatic carbocycles. The Kier molecular flexibility index (Phi) is 3.13. The second-order valence-corrected chi connectivity index (χ2v) is 5.21. The van der Waals surface area contributed by atoms with E-state index in [9.17, 15) is 10.1 Å². The van der Waals surface area contributed by atoms with Gasteiger partial charge in [0, 0.05) is 29.9 Å². The molecule has 0 bridgehead atoms. The molecule has 1 aliphatic rings. The lowest BCUT2D eigenvalue weighted by molar-refractivity contribution is -0.384. The summed E-state index contributed by atoms with van der Waals surface area (Å²) in [6.45, 7) is 5.21. The highest BCUT2D eigenvalue weighted by atomic mass is 16.6. The zero-order valence-corrected chi connectivity index (χ0v) is 10.6. The van der Waals surface area contributed by atoms with Crippen molar-refractivity contribution in [2.24, 2.45) is 5.84 Å². The smallest absolute Gasteiger partial charge is 0.273 e. The van der Waals surface area contributed by atoms with Gasteiger partial charge in [0.1, 0.15) is 0 Å². The van der Waals surface area contributed by atoms with Crippen LogP contribution in [0.2, 0.25) is 0 Å². The van der Waals surface area contributed by atoms with Gasteiger partial charge in [-0.2, -0.15) is 0 Å². The lowest BCUT2D eigenvalue weighted by Crippen LogP contribution is -2.38. The third-order valence-electron chi connectivity index (χ3n) is 3.49. The first kappa shape index (κ1) is 12.6. The van der Waals surface area contributed by atoms with Gasteiger partial charge in [-0.1, -0.05) is 0 Å². The van der Waals surface area contributed by atoms with Gasteiger partial charge < -0.3 is 10.3 Å². The number of nitrogens with two attached hydrogens (primary N) is 1. The summed E-state index contributed by atoms with van der Waals surface area (Å²) in [5.74, 6) is 5.36. The summed E-state index contributed by atoms with van der Waals surface area (Å²) in [7, 11) is 0. The monoisotopic (exact) mass is 250 g/mol. The molecule has 0 saturated carbocycles. The van der Waals surface area contributed by atoms with Crippen LogP contribution in [0, 0.1) is 10.1 Å². The molecule has 1 aliphatic heterocycles. The molecule has 98 valence electrons. The number of hydrazine groups is 1. The fourth-order valence-electron chi connectivity index (χ4n) is 2.53. The second kappa shape index (κ2) is 4.45. The first-order chi connectivity index (χ1) is 8.44. The van der Waals surface area contributed by atoms with Crippen molar-refractivity contribution in [1.29, 1.82) is 0 Å². The van der Waals surface area contributed by atoms with Gasteiger partial charge in [0.15, 0.2) is 0 Å². The third kappa shape index (κ3) is 2.24. The Bertz CT molecular complexity index is 473. The minimum Gasteiger partial charge on any atom is -0.366 e. The number of nitrogen functional groups attached to an aromatic ring is 1. The van der Waals surface area contributed by atoms with Gasteiger partial charge in [-0.15, -0.1) is 0 Å². The fourth-order valence-corrected chi connectivity index (χ4v) is 2.53. The van der Waals surface area contributed by atoms with E-state index in [4.69, 9.17) is 5.84 Å². The average Bonchev–Trinajstić information content (AvgIpc) is 2.68. The Hall–Kier alpha value is -1.82. The van der Waals surface area contributed by atoms with Crippen molar-refractivity contribution in [3.8, 4) is 0 Å². The molecule has 6 nitrogen and oxygen atoms in total. The van der Waals surface area contributed by atoms with Crippen LogP contribution in [0.1, 0.15) is 26.7 Å². The van der Waals surface area contributed by atoms with E-state index in [0.29, 0.717) is 5.69 Å². The van der Waals surface area contributed by atoms with E-state index in [1.807, 2.05) is 6.07 Å². The van der Waals surface area contributed by atoms with Crippen LogP contribution in [0.4, 0.5) is 17.1 Å². The molecule has 0 spiro atoms. The number of non-ortho nitro benzene ring substituents is 1. The maximum atomic E-state index is 10.9. The van der Waals surface area contributed by atoms with Crippen LogP contribution in [0.15, 0.2) is 18.2 Å². The highest BCUT2D eigenvalue weighted by Crippen LogP contribution is 2.36. The van der Waals surface area contributed by atoms with Crippen molar-refractivity contribution >= 4 is 17.1 Å². The number of nitrogens with one attached hydrogen (secondary N) is 1. The molecular formula is C12H18N4O2. The number of nitro benzene ring substituents is 1. The first-order valence-corrected chi connectivity index (χ1v) is 5.98. The van der Waals surface area contributed by atoms with Crippen molar-refractivity contribution in [2.75, 3.05) is 16.9 Å². The number of nitrogens with zero attached hydrogens (tertiary/aromatic N) is 2. The third-order valence-corrected chi connectivity index (χ3v) is 3.49. The van der Waals surface area contributed by atoms with E-state index in [0.717, 1.165) is 25.1 Å². The van der Waals surface area contributed by atoms with Gasteiger partial charge >= 0.3 is 0 Å². The van der Waals surface area contributed by atoms with Crippen LogP contribution < -0.4 is 16.2 Å². The maximum Gasteiger partial charge on any atom is 0.273 e. The Balaban J connectivity index is 2.44. The predicted octanol–water partition coefficient (Wildman–Crippen LogP) is 2.26. The van der Waals surface area contributed by atoms with E-state index in [2.05, 4.69) is 24.2 Å². The van der Waals surface area contributed by atoms with Gasteiger partial charge in [0.25, 0.3) is 5.69 Å². The topological polar surface area (TPSA) is 84.4 Å². The molecule has 1 fully saturated rings. The van der Waals surface area contributed by atoms with Crippen LogP contribution in [0.3, 0.4) is 0 Å². The minimum absolute atomic E-state index is 0.0289. The summed E-state index contributed by atoms with van der Waals surface area (Å²) in [5, 5.41) is 10.9. The largest absolute Gasteiger partial charge is 0.366 e. The van der Waals surface area contributed by atoms with Gasteiger partial charge in [0.2, 0.25) is 0 Å². The maximum absolute atomic E-state index is 10.9. The Morgan fingerprint density at radius 3 is 2.67 bits per heavy atom. The molecule has 0 unspecified atom stereocenters. The Labute approximate surface area is 106 Å². The van der Waals surface area contributed by atoms with Crippen molar-refractivity contribution in [3.63, 3.8) is 0 Å².